The lowest BCUT2D eigenvalue weighted by Crippen LogP contribution is -2.52. The summed E-state index contributed by atoms with van der Waals surface area (Å²) in [5, 5.41) is 0. The number of piperidine rings is 1. The van der Waals surface area contributed by atoms with Gasteiger partial charge in [-0.05, 0) is 31.2 Å². The van der Waals surface area contributed by atoms with Crippen LogP contribution in [0.5, 0.6) is 0 Å². The highest BCUT2D eigenvalue weighted by Gasteiger charge is 2.41. The number of benzene rings is 1. The smallest absolute Gasteiger partial charge is 0.228 e. The van der Waals surface area contributed by atoms with Crippen LogP contribution in [0, 0.1) is 11.7 Å². The molecule has 0 bridgehead atoms. The molecule has 0 spiro atoms. The SMILES string of the molecule is CN1CCN(C(=O)C2CCC(=O)N(C)C2c2cccc(F)c2)CC1. The third-order valence-electron chi connectivity index (χ3n) is 5.18. The lowest BCUT2D eigenvalue weighted by molar-refractivity contribution is -0.147. The Morgan fingerprint density at radius 2 is 1.88 bits per heavy atom. The van der Waals surface area contributed by atoms with Crippen LogP contribution in [0.15, 0.2) is 24.3 Å². The van der Waals surface area contributed by atoms with E-state index in [0.717, 1.165) is 13.1 Å². The minimum Gasteiger partial charge on any atom is -0.340 e. The van der Waals surface area contributed by atoms with Gasteiger partial charge in [0.05, 0.1) is 12.0 Å². The molecule has 0 N–H and O–H groups in total. The van der Waals surface area contributed by atoms with Gasteiger partial charge >= 0.3 is 0 Å². The Bertz CT molecular complexity index is 628. The Labute approximate surface area is 142 Å². The Morgan fingerprint density at radius 1 is 1.17 bits per heavy atom. The third-order valence-corrected chi connectivity index (χ3v) is 5.18. The minimum atomic E-state index is -0.394. The van der Waals surface area contributed by atoms with E-state index in [1.54, 1.807) is 24.1 Å². The molecule has 2 heterocycles. The summed E-state index contributed by atoms with van der Waals surface area (Å²) in [5.74, 6) is -0.564. The zero-order valence-corrected chi connectivity index (χ0v) is 14.2. The summed E-state index contributed by atoms with van der Waals surface area (Å²) in [6, 6.07) is 5.85. The van der Waals surface area contributed by atoms with Gasteiger partial charge < -0.3 is 14.7 Å². The first kappa shape index (κ1) is 16.9. The van der Waals surface area contributed by atoms with Gasteiger partial charge in [0.2, 0.25) is 11.8 Å². The van der Waals surface area contributed by atoms with Gasteiger partial charge in [0, 0.05) is 39.6 Å². The highest BCUT2D eigenvalue weighted by molar-refractivity contribution is 5.85. The minimum absolute atomic E-state index is 0.00619. The molecule has 2 fully saturated rings. The van der Waals surface area contributed by atoms with Gasteiger partial charge in [-0.1, -0.05) is 12.1 Å². The second kappa shape index (κ2) is 6.89. The summed E-state index contributed by atoms with van der Waals surface area (Å²) in [5.41, 5.74) is 0.693. The molecule has 2 aliphatic rings. The standard InChI is InChI=1S/C18H24FN3O2/c1-20-8-10-22(11-9-20)18(24)15-6-7-16(23)21(2)17(15)13-4-3-5-14(19)12-13/h3-5,12,15,17H,6-11H2,1-2H3. The first-order valence-electron chi connectivity index (χ1n) is 8.46. The van der Waals surface area contributed by atoms with E-state index < -0.39 is 6.04 Å². The van der Waals surface area contributed by atoms with Crippen LogP contribution in [0.25, 0.3) is 0 Å². The van der Waals surface area contributed by atoms with Gasteiger partial charge in [0.25, 0.3) is 0 Å². The molecule has 0 aromatic heterocycles. The van der Waals surface area contributed by atoms with Crippen LogP contribution < -0.4 is 0 Å². The predicted molar refractivity (Wildman–Crippen MR) is 88.7 cm³/mol. The number of rotatable bonds is 2. The molecule has 2 atom stereocenters. The largest absolute Gasteiger partial charge is 0.340 e. The van der Waals surface area contributed by atoms with Crippen molar-refractivity contribution in [1.29, 1.82) is 0 Å². The fourth-order valence-corrected chi connectivity index (χ4v) is 3.70. The van der Waals surface area contributed by atoms with Crippen molar-refractivity contribution in [3.8, 4) is 0 Å². The molecule has 6 heteroatoms. The molecular formula is C18H24FN3O2. The van der Waals surface area contributed by atoms with Crippen LogP contribution in [0.1, 0.15) is 24.4 Å². The molecule has 1 aromatic rings. The molecule has 24 heavy (non-hydrogen) atoms. The predicted octanol–water partition coefficient (Wildman–Crippen LogP) is 1.51. The van der Waals surface area contributed by atoms with Crippen molar-refractivity contribution in [2.24, 2.45) is 5.92 Å². The highest BCUT2D eigenvalue weighted by Crippen LogP contribution is 2.37. The zero-order chi connectivity index (χ0) is 17.3. The van der Waals surface area contributed by atoms with Crippen molar-refractivity contribution in [2.45, 2.75) is 18.9 Å². The van der Waals surface area contributed by atoms with Gasteiger partial charge in [0.1, 0.15) is 5.82 Å². The number of likely N-dealkylation sites (tertiary alicyclic amines) is 1. The van der Waals surface area contributed by atoms with Crippen molar-refractivity contribution >= 4 is 11.8 Å². The Balaban J connectivity index is 1.86. The summed E-state index contributed by atoms with van der Waals surface area (Å²) < 4.78 is 13.7. The normalized spacial score (nSPS) is 25.9. The van der Waals surface area contributed by atoms with Crippen LogP contribution in [0.2, 0.25) is 0 Å². The van der Waals surface area contributed by atoms with E-state index in [9.17, 15) is 14.0 Å². The lowest BCUT2D eigenvalue weighted by atomic mass is 9.83. The number of hydrogen-bond donors (Lipinski definition) is 0. The van der Waals surface area contributed by atoms with Crippen LogP contribution in [-0.4, -0.2) is 66.8 Å². The molecule has 2 saturated heterocycles. The van der Waals surface area contributed by atoms with Crippen molar-refractivity contribution in [3.05, 3.63) is 35.6 Å². The first-order chi connectivity index (χ1) is 11.5. The summed E-state index contributed by atoms with van der Waals surface area (Å²) in [6.07, 6.45) is 0.891. The first-order valence-corrected chi connectivity index (χ1v) is 8.46. The van der Waals surface area contributed by atoms with Crippen LogP contribution in [0.3, 0.4) is 0 Å². The maximum Gasteiger partial charge on any atom is 0.228 e. The van der Waals surface area contributed by atoms with Gasteiger partial charge in [0.15, 0.2) is 0 Å². The maximum absolute atomic E-state index is 13.7. The molecule has 1 aromatic carbocycles. The molecule has 5 nitrogen and oxygen atoms in total. The number of halogens is 1. The molecule has 0 saturated carbocycles. The molecule has 0 aliphatic carbocycles. The lowest BCUT2D eigenvalue weighted by Gasteiger charge is -2.42. The third kappa shape index (κ3) is 3.29. The molecule has 3 rings (SSSR count). The molecule has 130 valence electrons. The fraction of sp³-hybridized carbons (Fsp3) is 0.556. The van der Waals surface area contributed by atoms with Crippen molar-refractivity contribution in [3.63, 3.8) is 0 Å². The van der Waals surface area contributed by atoms with E-state index in [0.29, 0.717) is 31.5 Å². The molecule has 2 aliphatic heterocycles. The highest BCUT2D eigenvalue weighted by atomic mass is 19.1. The van der Waals surface area contributed by atoms with Crippen molar-refractivity contribution in [1.82, 2.24) is 14.7 Å². The zero-order valence-electron chi connectivity index (χ0n) is 14.2. The number of carbonyl (C=O) groups excluding carboxylic acids is 2. The van der Waals surface area contributed by atoms with Crippen LogP contribution in [0.4, 0.5) is 4.39 Å². The van der Waals surface area contributed by atoms with Crippen LogP contribution >= 0.6 is 0 Å². The Kier molecular flexibility index (Phi) is 4.85. The summed E-state index contributed by atoms with van der Waals surface area (Å²) >= 11 is 0. The van der Waals surface area contributed by atoms with Gasteiger partial charge in [-0.25, -0.2) is 4.39 Å². The monoisotopic (exact) mass is 333 g/mol. The number of hydrogen-bond acceptors (Lipinski definition) is 3. The van der Waals surface area contributed by atoms with Gasteiger partial charge in [-0.3, -0.25) is 9.59 Å². The maximum atomic E-state index is 13.7. The van der Waals surface area contributed by atoms with Crippen molar-refractivity contribution in [2.75, 3.05) is 40.3 Å². The van der Waals surface area contributed by atoms with Crippen molar-refractivity contribution < 1.29 is 14.0 Å². The summed E-state index contributed by atoms with van der Waals surface area (Å²) in [7, 11) is 3.76. The number of carbonyl (C=O) groups is 2. The van der Waals surface area contributed by atoms with Gasteiger partial charge in [-0.2, -0.15) is 0 Å². The number of piperazine rings is 1. The van der Waals surface area contributed by atoms with E-state index in [-0.39, 0.29) is 23.5 Å². The number of likely N-dealkylation sites (N-methyl/N-ethyl adjacent to an activating group) is 1. The summed E-state index contributed by atoms with van der Waals surface area (Å²) in [6.45, 7) is 3.13. The molecular weight excluding hydrogens is 309 g/mol. The second-order valence-corrected chi connectivity index (χ2v) is 6.78. The Hall–Kier alpha value is -1.95. The average molecular weight is 333 g/mol. The quantitative estimate of drug-likeness (QED) is 0.824. The number of amides is 2. The fourth-order valence-electron chi connectivity index (χ4n) is 3.70. The van der Waals surface area contributed by atoms with E-state index in [1.807, 2.05) is 11.9 Å². The summed E-state index contributed by atoms with van der Waals surface area (Å²) in [4.78, 5) is 30.9. The molecule has 2 unspecified atom stereocenters. The van der Waals surface area contributed by atoms with E-state index in [1.165, 1.54) is 12.1 Å². The molecule has 2 amide bonds. The average Bonchev–Trinajstić information content (AvgIpc) is 2.57. The van der Waals surface area contributed by atoms with E-state index in [4.69, 9.17) is 0 Å². The van der Waals surface area contributed by atoms with E-state index >= 15 is 0 Å². The van der Waals surface area contributed by atoms with E-state index in [2.05, 4.69) is 4.90 Å². The Morgan fingerprint density at radius 3 is 2.54 bits per heavy atom. The molecule has 0 radical (unpaired) electrons. The van der Waals surface area contributed by atoms with Crippen LogP contribution in [-0.2, 0) is 9.59 Å². The second-order valence-electron chi connectivity index (χ2n) is 6.78. The van der Waals surface area contributed by atoms with Gasteiger partial charge in [-0.15, -0.1) is 0 Å². The topological polar surface area (TPSA) is 43.9 Å². The number of nitrogens with zero attached hydrogens (tertiary/aromatic N) is 3.